The number of nitriles is 3. The highest BCUT2D eigenvalue weighted by Crippen LogP contribution is 2.50. The topological polar surface area (TPSA) is 312 Å². The molecular formula is C81H72N24O3. The fraction of sp³-hybridized carbons (Fsp3) is 0.296. The highest BCUT2D eigenvalue weighted by molar-refractivity contribution is 5.95. The smallest absolute Gasteiger partial charge is 0.296 e. The number of hydrogen-bond donors (Lipinski definition) is 3. The number of fused-ring (bicyclic) bond motifs is 9. The number of nitrogens with zero attached hydrogens (tertiary/aromatic N) is 21. The third-order valence-corrected chi connectivity index (χ3v) is 22.5. The van der Waals surface area contributed by atoms with Gasteiger partial charge in [0.15, 0.2) is 0 Å². The minimum Gasteiger partial charge on any atom is -0.356 e. The number of carbonyl (C=O) groups excluding carboxylic acids is 3. The third kappa shape index (κ3) is 12.7. The summed E-state index contributed by atoms with van der Waals surface area (Å²) in [7, 11) is 5.64. The van der Waals surface area contributed by atoms with Crippen molar-refractivity contribution in [2.45, 2.75) is 81.6 Å². The van der Waals surface area contributed by atoms with Crippen LogP contribution in [0.1, 0.15) is 68.6 Å². The molecule has 19 rings (SSSR count). The molecule has 12 aromatic rings. The molecule has 7 aliphatic rings. The number of rotatable bonds is 12. The van der Waals surface area contributed by atoms with Crippen molar-refractivity contribution >= 4 is 51.7 Å². The zero-order valence-corrected chi connectivity index (χ0v) is 59.6. The second kappa shape index (κ2) is 28.0. The first-order valence-corrected chi connectivity index (χ1v) is 35.7. The van der Waals surface area contributed by atoms with Crippen molar-refractivity contribution < 1.29 is 14.4 Å². The Balaban J connectivity index is 0.000000124. The van der Waals surface area contributed by atoms with Crippen LogP contribution in [0.5, 0.6) is 0 Å². The predicted octanol–water partition coefficient (Wildman–Crippen LogP) is 8.18. The summed E-state index contributed by atoms with van der Waals surface area (Å²) < 4.78 is 10.5. The summed E-state index contributed by atoms with van der Waals surface area (Å²) in [6.45, 7) is 5.38. The van der Waals surface area contributed by atoms with Crippen LogP contribution in [0.4, 0.5) is 17.5 Å². The Morgan fingerprint density at radius 3 is 1.19 bits per heavy atom. The van der Waals surface area contributed by atoms with E-state index in [1.54, 1.807) is 46.2 Å². The van der Waals surface area contributed by atoms with Crippen molar-refractivity contribution in [3.63, 3.8) is 0 Å². The molecule has 7 fully saturated rings. The summed E-state index contributed by atoms with van der Waals surface area (Å²) in [5.74, 6) is 9.60. The number of terminal acetylenes is 3. The molecule has 6 unspecified atom stereocenters. The van der Waals surface area contributed by atoms with Crippen molar-refractivity contribution in [3.8, 4) is 122 Å². The maximum absolute atomic E-state index is 11.8. The van der Waals surface area contributed by atoms with Gasteiger partial charge < -0.3 is 30.7 Å². The van der Waals surface area contributed by atoms with Gasteiger partial charge in [-0.3, -0.25) is 28.4 Å². The highest BCUT2D eigenvalue weighted by atomic mass is 16.2. The SMILES string of the molecule is C#CC(=O)NC1(C)C2CC1CN(c1ccc(-c3cc(-c4cnn(C)c4)cn4ncc(C#N)c34)cn1)C2.C#CC(=O)NC1C2CCC1CN(c1ccc(-c3cc(-c4cnn(C)c4)cn4ncc(C#N)c34)cn1)C2.C#CC(=O)NC1CC2CCC(C1)N2c1ccc(-c2cc(-c3cnn(C)c3)cn3ncc(C#N)c23)cn1. The van der Waals surface area contributed by atoms with E-state index in [2.05, 4.69) is 134 Å². The number of nitrogens with one attached hydrogen (secondary N) is 3. The predicted molar refractivity (Wildman–Crippen MR) is 404 cm³/mol. The van der Waals surface area contributed by atoms with Crippen LogP contribution in [0, 0.1) is 94.7 Å². The third-order valence-electron chi connectivity index (χ3n) is 22.5. The van der Waals surface area contributed by atoms with Crippen LogP contribution in [-0.2, 0) is 35.5 Å². The Morgan fingerprint density at radius 2 is 0.833 bits per heavy atom. The van der Waals surface area contributed by atoms with E-state index < -0.39 is 0 Å². The molecule has 12 aromatic heterocycles. The second-order valence-corrected chi connectivity index (χ2v) is 28.9. The largest absolute Gasteiger partial charge is 0.356 e. The molecule has 6 bridgehead atoms. The number of hydrogen-bond acceptors (Lipinski definition) is 18. The van der Waals surface area contributed by atoms with Gasteiger partial charge in [0, 0.05) is 211 Å². The molecular weight excluding hydrogens is 1360 g/mol. The molecule has 2 aliphatic carbocycles. The maximum atomic E-state index is 11.8. The Morgan fingerprint density at radius 1 is 0.444 bits per heavy atom. The van der Waals surface area contributed by atoms with Crippen LogP contribution < -0.4 is 30.7 Å². The van der Waals surface area contributed by atoms with Crippen molar-refractivity contribution in [2.24, 2.45) is 44.8 Å². The molecule has 108 heavy (non-hydrogen) atoms. The maximum Gasteiger partial charge on any atom is 0.296 e. The minimum atomic E-state index is -0.348. The second-order valence-electron chi connectivity index (χ2n) is 28.9. The number of carbonyl (C=O) groups is 3. The minimum absolute atomic E-state index is 0.108. The molecule has 27 nitrogen and oxygen atoms in total. The molecule has 5 aliphatic heterocycles. The van der Waals surface area contributed by atoms with E-state index in [4.69, 9.17) is 34.2 Å². The summed E-state index contributed by atoms with van der Waals surface area (Å²) in [6.07, 6.45) is 50.2. The summed E-state index contributed by atoms with van der Waals surface area (Å²) >= 11 is 0. The van der Waals surface area contributed by atoms with Crippen LogP contribution in [0.15, 0.2) is 148 Å². The first kappa shape index (κ1) is 68.5. The van der Waals surface area contributed by atoms with Gasteiger partial charge in [0.1, 0.15) is 35.7 Å². The summed E-state index contributed by atoms with van der Waals surface area (Å²) in [6, 6.07) is 26.1. The Hall–Kier alpha value is -13.9. The van der Waals surface area contributed by atoms with E-state index in [1.165, 1.54) is 0 Å². The van der Waals surface area contributed by atoms with Crippen molar-refractivity contribution in [3.05, 3.63) is 164 Å². The zero-order valence-electron chi connectivity index (χ0n) is 59.6. The van der Waals surface area contributed by atoms with Gasteiger partial charge in [-0.05, 0) is 136 Å². The molecule has 17 heterocycles. The van der Waals surface area contributed by atoms with E-state index in [9.17, 15) is 30.2 Å². The van der Waals surface area contributed by atoms with Gasteiger partial charge in [0.25, 0.3) is 17.7 Å². The average molecular weight is 1430 g/mol. The molecule has 0 spiro atoms. The van der Waals surface area contributed by atoms with Crippen LogP contribution in [0.2, 0.25) is 0 Å². The highest BCUT2D eigenvalue weighted by Gasteiger charge is 2.56. The number of amides is 3. The summed E-state index contributed by atoms with van der Waals surface area (Å²) in [4.78, 5) is 56.6. The molecule has 27 heteroatoms. The lowest BCUT2D eigenvalue weighted by Crippen LogP contribution is -2.72. The molecule has 6 atom stereocenters. The molecule has 5 saturated heterocycles. The van der Waals surface area contributed by atoms with Gasteiger partial charge in [0.2, 0.25) is 0 Å². The number of aromatic nitrogens is 15. The number of pyridine rings is 6. The Kier molecular flexibility index (Phi) is 17.7. The van der Waals surface area contributed by atoms with Gasteiger partial charge >= 0.3 is 0 Å². The van der Waals surface area contributed by atoms with Crippen molar-refractivity contribution in [1.29, 1.82) is 15.8 Å². The zero-order chi connectivity index (χ0) is 74.6. The fourth-order valence-electron chi connectivity index (χ4n) is 17.2. The lowest BCUT2D eigenvalue weighted by Gasteiger charge is -2.61. The van der Waals surface area contributed by atoms with Gasteiger partial charge in [0.05, 0.1) is 70.4 Å². The molecule has 0 aromatic carbocycles. The van der Waals surface area contributed by atoms with Crippen LogP contribution >= 0.6 is 0 Å². The first-order chi connectivity index (χ1) is 52.5. The van der Waals surface area contributed by atoms with Gasteiger partial charge in [-0.1, -0.05) is 0 Å². The molecule has 3 N–H and O–H groups in total. The standard InChI is InChI=1S/3C27H24N8O/c1-4-25(36)32-27(2)21-8-22(27)16-34(15-21)24-6-5-17(10-29-24)23-7-18(20-12-30-33(3)13-20)14-35-26(23)19(9-28)11-31-35;1-3-26(36)32-21-9-22-5-6-23(10-21)35(22)25-7-4-17(12-29-25)24-8-18(20-14-30-33(2)15-20)16-34-27(24)19(11-28)13-31-34;1-3-25(36)32-26-18-4-5-19(26)15-34(14-18)24-7-6-17(10-29-24)23-8-20(22-12-30-33(2)13-22)16-35-27(23)21(9-28)11-31-35/h1,5-7,10-14,21-22H,8,15-16H2,2-3H3,(H,32,36);1,4,7-8,12-16,21-23H,5-6,9-10H2,2H3,(H,32,36);1,6-8,10-13,16,18-19,26H,4-5,14-15H2,2H3,(H,32,36). The lowest BCUT2D eigenvalue weighted by atomic mass is 9.56. The van der Waals surface area contributed by atoms with E-state index in [-0.39, 0.29) is 35.3 Å². The molecule has 534 valence electrons. The van der Waals surface area contributed by atoms with Gasteiger partial charge in [-0.25, -0.2) is 28.5 Å². The van der Waals surface area contributed by atoms with Gasteiger partial charge in [-0.15, -0.1) is 19.3 Å². The van der Waals surface area contributed by atoms with E-state index in [0.29, 0.717) is 52.4 Å². The Bertz CT molecular complexity index is 5770. The number of aryl methyl sites for hydroxylation is 3. The van der Waals surface area contributed by atoms with Crippen molar-refractivity contribution in [2.75, 3.05) is 40.9 Å². The van der Waals surface area contributed by atoms with Crippen LogP contribution in [-0.4, -0.2) is 147 Å². The average Bonchev–Trinajstić information content (AvgIpc) is 1.03. The monoisotopic (exact) mass is 1430 g/mol. The number of piperidine rings is 4. The quantitative estimate of drug-likeness (QED) is 0.0971. The molecule has 2 saturated carbocycles. The van der Waals surface area contributed by atoms with E-state index in [0.717, 1.165) is 172 Å². The summed E-state index contributed by atoms with van der Waals surface area (Å²) in [5.41, 5.74) is 14.7. The van der Waals surface area contributed by atoms with Crippen molar-refractivity contribution in [1.82, 2.24) is 89.1 Å². The summed E-state index contributed by atoms with van der Waals surface area (Å²) in [5, 5.41) is 64.1. The van der Waals surface area contributed by atoms with Gasteiger partial charge in [-0.2, -0.15) is 46.4 Å². The first-order valence-electron chi connectivity index (χ1n) is 35.7. The normalized spacial score (nSPS) is 21.3. The van der Waals surface area contributed by atoms with Crippen LogP contribution in [0.3, 0.4) is 0 Å². The lowest BCUT2D eigenvalue weighted by molar-refractivity contribution is -0.122. The fourth-order valence-corrected chi connectivity index (χ4v) is 17.2. The van der Waals surface area contributed by atoms with E-state index in [1.807, 2.05) is 120 Å². The molecule has 3 amide bonds. The number of anilines is 3. The Labute approximate surface area is 621 Å². The molecule has 0 radical (unpaired) electrons. The van der Waals surface area contributed by atoms with Crippen LogP contribution in [0.25, 0.3) is 83.3 Å². The van der Waals surface area contributed by atoms with E-state index >= 15 is 0 Å².